The summed E-state index contributed by atoms with van der Waals surface area (Å²) in [5.74, 6) is 0.110. The highest BCUT2D eigenvalue weighted by Crippen LogP contribution is 2.30. The van der Waals surface area contributed by atoms with Gasteiger partial charge in [-0.2, -0.15) is 4.31 Å². The Hall–Kier alpha value is -0.700. The highest BCUT2D eigenvalue weighted by molar-refractivity contribution is 9.10. The van der Waals surface area contributed by atoms with Crippen molar-refractivity contribution in [2.45, 2.75) is 23.8 Å². The number of amides is 1. The van der Waals surface area contributed by atoms with Crippen molar-refractivity contribution >= 4 is 43.5 Å². The fourth-order valence-corrected chi connectivity index (χ4v) is 5.17. The topological polar surface area (TPSA) is 70.6 Å². The van der Waals surface area contributed by atoms with Crippen molar-refractivity contribution in [3.8, 4) is 0 Å². The number of halogens is 2. The van der Waals surface area contributed by atoms with Crippen molar-refractivity contribution in [3.63, 3.8) is 0 Å². The first-order valence-corrected chi connectivity index (χ1v) is 9.11. The Bertz CT molecular complexity index is 697. The largest absolute Gasteiger partial charge is 0.337 e. The van der Waals surface area contributed by atoms with Crippen molar-refractivity contribution < 1.29 is 13.2 Å². The van der Waals surface area contributed by atoms with Gasteiger partial charge in [0.2, 0.25) is 15.9 Å². The van der Waals surface area contributed by atoms with Gasteiger partial charge in [-0.25, -0.2) is 13.4 Å². The van der Waals surface area contributed by atoms with Crippen LogP contribution in [0.3, 0.4) is 0 Å². The van der Waals surface area contributed by atoms with Crippen LogP contribution >= 0.6 is 27.5 Å². The number of piperazine rings is 1. The van der Waals surface area contributed by atoms with Crippen LogP contribution in [0.15, 0.2) is 21.6 Å². The molecule has 114 valence electrons. The zero-order chi connectivity index (χ0) is 15.2. The minimum atomic E-state index is -3.70. The van der Waals surface area contributed by atoms with Gasteiger partial charge >= 0.3 is 0 Å². The number of sulfonamides is 1. The zero-order valence-electron chi connectivity index (χ0n) is 11.0. The van der Waals surface area contributed by atoms with Gasteiger partial charge < -0.3 is 4.90 Å². The third-order valence-corrected chi connectivity index (χ3v) is 6.57. The van der Waals surface area contributed by atoms with E-state index in [1.54, 1.807) is 4.90 Å². The summed E-state index contributed by atoms with van der Waals surface area (Å²) < 4.78 is 27.4. The lowest BCUT2D eigenvalue weighted by molar-refractivity contribution is -0.130. The Labute approximate surface area is 136 Å². The van der Waals surface area contributed by atoms with E-state index < -0.39 is 10.0 Å². The van der Waals surface area contributed by atoms with Crippen molar-refractivity contribution in [1.29, 1.82) is 0 Å². The molecule has 0 bridgehead atoms. The smallest absolute Gasteiger partial charge is 0.246 e. The van der Waals surface area contributed by atoms with E-state index in [-0.39, 0.29) is 28.5 Å². The molecule has 0 radical (unpaired) electrons. The maximum Gasteiger partial charge on any atom is 0.246 e. The molecule has 1 aromatic rings. The van der Waals surface area contributed by atoms with Crippen LogP contribution in [0.5, 0.6) is 0 Å². The number of carbonyl (C=O) groups excluding carboxylic acids is 1. The molecule has 9 heteroatoms. The minimum absolute atomic E-state index is 0.00341. The summed E-state index contributed by atoms with van der Waals surface area (Å²) in [7, 11) is -3.70. The lowest BCUT2D eigenvalue weighted by Gasteiger charge is -2.36. The third kappa shape index (κ3) is 2.69. The number of fused-ring (bicyclic) bond motifs is 1. The standard InChI is InChI=1S/C12H13BrClN3O3S/c13-8-5-10(12(14)15-6-8)21(19,20)16-3-4-17-9(7-16)1-2-11(17)18/h5-6,9H,1-4,7H2. The fraction of sp³-hybridized carbons (Fsp3) is 0.500. The van der Waals surface area contributed by atoms with E-state index in [4.69, 9.17) is 11.6 Å². The number of nitrogens with zero attached hydrogens (tertiary/aromatic N) is 3. The lowest BCUT2D eigenvalue weighted by atomic mass is 10.2. The molecule has 6 nitrogen and oxygen atoms in total. The summed E-state index contributed by atoms with van der Waals surface area (Å²) in [5, 5.41) is -0.0388. The van der Waals surface area contributed by atoms with Crippen LogP contribution in [-0.2, 0) is 14.8 Å². The highest BCUT2D eigenvalue weighted by atomic mass is 79.9. The average molecular weight is 395 g/mol. The van der Waals surface area contributed by atoms with E-state index in [1.807, 2.05) is 0 Å². The monoisotopic (exact) mass is 393 g/mol. The van der Waals surface area contributed by atoms with Gasteiger partial charge in [-0.3, -0.25) is 4.79 Å². The van der Waals surface area contributed by atoms with Gasteiger partial charge in [0.1, 0.15) is 10.0 Å². The molecule has 0 aromatic carbocycles. The Morgan fingerprint density at radius 2 is 2.14 bits per heavy atom. The fourth-order valence-electron chi connectivity index (χ4n) is 2.78. The molecule has 2 aliphatic heterocycles. The molecule has 3 rings (SSSR count). The molecule has 1 unspecified atom stereocenters. The Morgan fingerprint density at radius 1 is 1.38 bits per heavy atom. The number of carbonyl (C=O) groups is 1. The summed E-state index contributed by atoms with van der Waals surface area (Å²) in [6.07, 6.45) is 2.65. The van der Waals surface area contributed by atoms with E-state index in [0.29, 0.717) is 30.4 Å². The third-order valence-electron chi connectivity index (χ3n) is 3.85. The van der Waals surface area contributed by atoms with Gasteiger partial charge in [-0.15, -0.1) is 0 Å². The van der Waals surface area contributed by atoms with Crippen molar-refractivity contribution in [2.75, 3.05) is 19.6 Å². The van der Waals surface area contributed by atoms with Crippen molar-refractivity contribution in [2.24, 2.45) is 0 Å². The predicted octanol–water partition coefficient (Wildman–Crippen LogP) is 1.49. The van der Waals surface area contributed by atoms with Gasteiger partial charge in [0.15, 0.2) is 0 Å². The second-order valence-electron chi connectivity index (χ2n) is 5.09. The lowest BCUT2D eigenvalue weighted by Crippen LogP contribution is -2.53. The second-order valence-corrected chi connectivity index (χ2v) is 8.27. The maximum atomic E-state index is 12.7. The average Bonchev–Trinajstić information content (AvgIpc) is 2.82. The summed E-state index contributed by atoms with van der Waals surface area (Å²) in [6, 6.07) is 1.43. The van der Waals surface area contributed by atoms with Gasteiger partial charge in [0.05, 0.1) is 0 Å². The molecule has 2 saturated heterocycles. The van der Waals surface area contributed by atoms with Crippen LogP contribution < -0.4 is 0 Å². The predicted molar refractivity (Wildman–Crippen MR) is 80.4 cm³/mol. The van der Waals surface area contributed by atoms with Gasteiger partial charge in [0.25, 0.3) is 0 Å². The summed E-state index contributed by atoms with van der Waals surface area (Å²) >= 11 is 9.14. The number of rotatable bonds is 2. The molecule has 0 N–H and O–H groups in total. The molecular weight excluding hydrogens is 382 g/mol. The highest BCUT2D eigenvalue weighted by Gasteiger charge is 2.40. The SMILES string of the molecule is O=C1CCC2CN(S(=O)(=O)c3cc(Br)cnc3Cl)CCN12. The van der Waals surface area contributed by atoms with Gasteiger partial charge in [-0.05, 0) is 28.4 Å². The number of aromatic nitrogens is 1. The van der Waals surface area contributed by atoms with Crippen molar-refractivity contribution in [3.05, 3.63) is 21.9 Å². The summed E-state index contributed by atoms with van der Waals surface area (Å²) in [6.45, 7) is 1.03. The molecule has 21 heavy (non-hydrogen) atoms. The van der Waals surface area contributed by atoms with E-state index in [1.165, 1.54) is 16.6 Å². The van der Waals surface area contributed by atoms with Crippen LogP contribution in [0.4, 0.5) is 0 Å². The molecule has 2 aliphatic rings. The summed E-state index contributed by atoms with van der Waals surface area (Å²) in [4.78, 5) is 17.3. The van der Waals surface area contributed by atoms with E-state index in [9.17, 15) is 13.2 Å². The molecule has 1 atom stereocenters. The molecule has 2 fully saturated rings. The maximum absolute atomic E-state index is 12.7. The Morgan fingerprint density at radius 3 is 2.90 bits per heavy atom. The molecule has 3 heterocycles. The molecular formula is C12H13BrClN3O3S. The molecule has 1 aromatic heterocycles. The minimum Gasteiger partial charge on any atom is -0.337 e. The number of pyridine rings is 1. The van der Waals surface area contributed by atoms with Crippen molar-refractivity contribution in [1.82, 2.24) is 14.2 Å². The van der Waals surface area contributed by atoms with E-state index in [2.05, 4.69) is 20.9 Å². The Kier molecular flexibility index (Phi) is 3.98. The second kappa shape index (κ2) is 5.49. The van der Waals surface area contributed by atoms with Crippen LogP contribution in [-0.4, -0.2) is 54.2 Å². The first-order chi connectivity index (χ1) is 9.89. The summed E-state index contributed by atoms with van der Waals surface area (Å²) in [5.41, 5.74) is 0. The number of hydrogen-bond donors (Lipinski definition) is 0. The normalized spacial score (nSPS) is 23.4. The van der Waals surface area contributed by atoms with Crippen LogP contribution in [0.25, 0.3) is 0 Å². The van der Waals surface area contributed by atoms with E-state index in [0.717, 1.165) is 0 Å². The Balaban J connectivity index is 1.89. The van der Waals surface area contributed by atoms with Gasteiger partial charge in [-0.1, -0.05) is 11.6 Å². The van der Waals surface area contributed by atoms with Crippen LogP contribution in [0.1, 0.15) is 12.8 Å². The van der Waals surface area contributed by atoms with Gasteiger partial charge in [0, 0.05) is 42.8 Å². The van der Waals surface area contributed by atoms with E-state index >= 15 is 0 Å². The van der Waals surface area contributed by atoms with Crippen LogP contribution in [0.2, 0.25) is 5.15 Å². The molecule has 1 amide bonds. The molecule has 0 aliphatic carbocycles. The number of hydrogen-bond acceptors (Lipinski definition) is 4. The van der Waals surface area contributed by atoms with Crippen LogP contribution in [0, 0.1) is 0 Å². The first kappa shape index (κ1) is 15.2. The molecule has 0 saturated carbocycles. The zero-order valence-corrected chi connectivity index (χ0v) is 14.2. The molecule has 0 spiro atoms. The first-order valence-electron chi connectivity index (χ1n) is 6.50. The quantitative estimate of drug-likeness (QED) is 0.713.